The fourth-order valence-electron chi connectivity index (χ4n) is 3.90. The van der Waals surface area contributed by atoms with Crippen LogP contribution in [-0.2, 0) is 9.84 Å². The first-order chi connectivity index (χ1) is 12.1. The Morgan fingerprint density at radius 2 is 1.64 bits per heavy atom. The van der Waals surface area contributed by atoms with Crippen LogP contribution in [0.1, 0.15) is 12.8 Å². The van der Waals surface area contributed by atoms with Gasteiger partial charge in [-0.3, -0.25) is 9.80 Å². The Morgan fingerprint density at radius 3 is 2.28 bits per heavy atom. The number of hydrogen-bond acceptors (Lipinski definition) is 6. The maximum Gasteiger partial charge on any atom is 0.153 e. The van der Waals surface area contributed by atoms with Gasteiger partial charge in [-0.1, -0.05) is 18.2 Å². The van der Waals surface area contributed by atoms with Gasteiger partial charge in [0, 0.05) is 31.7 Å². The molecule has 7 heteroatoms. The van der Waals surface area contributed by atoms with E-state index in [0.717, 1.165) is 38.2 Å². The Hall–Kier alpha value is -1.15. The van der Waals surface area contributed by atoms with E-state index in [4.69, 9.17) is 4.74 Å². The van der Waals surface area contributed by atoms with E-state index in [1.807, 2.05) is 30.3 Å². The molecule has 0 saturated carbocycles. The Labute approximate surface area is 150 Å². The Morgan fingerprint density at radius 1 is 1.00 bits per heavy atom. The highest BCUT2D eigenvalue weighted by atomic mass is 32.2. The first-order valence-electron chi connectivity index (χ1n) is 9.06. The number of ether oxygens (including phenoxy) is 1. The molecule has 6 nitrogen and oxygen atoms in total. The van der Waals surface area contributed by atoms with Gasteiger partial charge in [0.1, 0.15) is 5.75 Å². The molecule has 2 fully saturated rings. The standard InChI is InChI=1S/C18H28N2O4S/c21-12-11-20-10-9-19(17-14-25(22,23)15-18(17)20)8-4-5-13-24-16-6-2-1-3-7-16/h1-3,6-7,17-18,21H,4-5,8-15H2/t17-,18+/m0/s1. The Bertz CT molecular complexity index is 638. The quantitative estimate of drug-likeness (QED) is 0.679. The smallest absolute Gasteiger partial charge is 0.153 e. The largest absolute Gasteiger partial charge is 0.494 e. The molecule has 2 atom stereocenters. The predicted octanol–water partition coefficient (Wildman–Crippen LogP) is 0.621. The van der Waals surface area contributed by atoms with Gasteiger partial charge in [0.15, 0.2) is 9.84 Å². The van der Waals surface area contributed by atoms with Gasteiger partial charge in [0.2, 0.25) is 0 Å². The highest BCUT2D eigenvalue weighted by molar-refractivity contribution is 7.91. The van der Waals surface area contributed by atoms with Crippen molar-refractivity contribution < 1.29 is 18.3 Å². The summed E-state index contributed by atoms with van der Waals surface area (Å²) in [4.78, 5) is 4.47. The van der Waals surface area contributed by atoms with E-state index in [2.05, 4.69) is 9.80 Å². The number of piperazine rings is 1. The third-order valence-electron chi connectivity index (χ3n) is 5.14. The number of benzene rings is 1. The van der Waals surface area contributed by atoms with Gasteiger partial charge < -0.3 is 9.84 Å². The lowest BCUT2D eigenvalue weighted by atomic mass is 10.0. The third-order valence-corrected chi connectivity index (χ3v) is 6.84. The minimum absolute atomic E-state index is 0.0338. The molecule has 3 rings (SSSR count). The average Bonchev–Trinajstić information content (AvgIpc) is 2.93. The molecule has 0 radical (unpaired) electrons. The molecule has 1 N–H and O–H groups in total. The van der Waals surface area contributed by atoms with Crippen LogP contribution in [-0.4, -0.2) is 86.3 Å². The number of sulfone groups is 1. The van der Waals surface area contributed by atoms with Gasteiger partial charge in [-0.15, -0.1) is 0 Å². The minimum atomic E-state index is -2.97. The highest BCUT2D eigenvalue weighted by Gasteiger charge is 2.45. The lowest BCUT2D eigenvalue weighted by molar-refractivity contribution is 0.0339. The van der Waals surface area contributed by atoms with E-state index in [1.54, 1.807) is 0 Å². The van der Waals surface area contributed by atoms with Crippen LogP contribution in [0, 0.1) is 0 Å². The summed E-state index contributed by atoms with van der Waals surface area (Å²) in [5.74, 6) is 1.37. The number of hydrogen-bond donors (Lipinski definition) is 1. The summed E-state index contributed by atoms with van der Waals surface area (Å²) in [6.07, 6.45) is 1.95. The molecule has 0 aromatic heterocycles. The second kappa shape index (κ2) is 8.49. The Kier molecular flexibility index (Phi) is 6.33. The monoisotopic (exact) mass is 368 g/mol. The molecule has 0 amide bonds. The lowest BCUT2D eigenvalue weighted by Crippen LogP contribution is -2.59. The summed E-state index contributed by atoms with van der Waals surface area (Å²) in [6, 6.07) is 9.90. The van der Waals surface area contributed by atoms with Crippen molar-refractivity contribution in [3.63, 3.8) is 0 Å². The second-order valence-corrected chi connectivity index (χ2v) is 9.03. The number of fused-ring (bicyclic) bond motifs is 1. The second-order valence-electron chi connectivity index (χ2n) is 6.88. The topological polar surface area (TPSA) is 70.1 Å². The van der Waals surface area contributed by atoms with Gasteiger partial charge in [-0.25, -0.2) is 8.42 Å². The van der Waals surface area contributed by atoms with E-state index < -0.39 is 9.84 Å². The van der Waals surface area contributed by atoms with E-state index in [-0.39, 0.29) is 30.2 Å². The molecule has 2 heterocycles. The summed E-state index contributed by atoms with van der Waals surface area (Å²) in [7, 11) is -2.97. The van der Waals surface area contributed by atoms with Gasteiger partial charge >= 0.3 is 0 Å². The molecule has 0 spiro atoms. The summed E-state index contributed by atoms with van der Waals surface area (Å²) in [5, 5.41) is 9.21. The summed E-state index contributed by atoms with van der Waals surface area (Å²) >= 11 is 0. The molecule has 1 aromatic rings. The number of rotatable bonds is 8. The van der Waals surface area contributed by atoms with Crippen LogP contribution in [0.4, 0.5) is 0 Å². The molecule has 140 valence electrons. The number of unbranched alkanes of at least 4 members (excludes halogenated alkanes) is 1. The fraction of sp³-hybridized carbons (Fsp3) is 0.667. The number of nitrogens with zero attached hydrogens (tertiary/aromatic N) is 2. The number of β-amino-alcohol motifs (C(OH)–C–C–N with tert-alkyl or cyclic N) is 1. The van der Waals surface area contributed by atoms with Gasteiger partial charge in [0.05, 0.1) is 24.7 Å². The van der Waals surface area contributed by atoms with Crippen LogP contribution >= 0.6 is 0 Å². The normalized spacial score (nSPS) is 26.4. The van der Waals surface area contributed by atoms with E-state index in [9.17, 15) is 13.5 Å². The number of aliphatic hydroxyl groups excluding tert-OH is 1. The minimum Gasteiger partial charge on any atom is -0.494 e. The molecular formula is C18H28N2O4S. The van der Waals surface area contributed by atoms with Gasteiger partial charge in [-0.05, 0) is 31.5 Å². The molecule has 1 aromatic carbocycles. The zero-order valence-corrected chi connectivity index (χ0v) is 15.4. The van der Waals surface area contributed by atoms with Crippen molar-refractivity contribution in [2.75, 3.05) is 50.9 Å². The van der Waals surface area contributed by atoms with Crippen molar-refractivity contribution in [1.29, 1.82) is 0 Å². The fourth-order valence-corrected chi connectivity index (χ4v) is 5.95. The summed E-state index contributed by atoms with van der Waals surface area (Å²) in [5.41, 5.74) is 0. The first kappa shape index (κ1) is 18.6. The molecule has 2 saturated heterocycles. The maximum absolute atomic E-state index is 12.1. The zero-order valence-electron chi connectivity index (χ0n) is 14.6. The van der Waals surface area contributed by atoms with Gasteiger partial charge in [-0.2, -0.15) is 0 Å². The average molecular weight is 368 g/mol. The van der Waals surface area contributed by atoms with Crippen molar-refractivity contribution in [2.24, 2.45) is 0 Å². The highest BCUT2D eigenvalue weighted by Crippen LogP contribution is 2.27. The van der Waals surface area contributed by atoms with Crippen LogP contribution in [0.15, 0.2) is 30.3 Å². The van der Waals surface area contributed by atoms with Crippen LogP contribution in [0.25, 0.3) is 0 Å². The van der Waals surface area contributed by atoms with Crippen molar-refractivity contribution >= 4 is 9.84 Å². The van der Waals surface area contributed by atoms with Crippen LogP contribution < -0.4 is 4.74 Å². The van der Waals surface area contributed by atoms with Crippen molar-refractivity contribution in [3.8, 4) is 5.75 Å². The van der Waals surface area contributed by atoms with Gasteiger partial charge in [0.25, 0.3) is 0 Å². The SMILES string of the molecule is O=S1(=O)C[C@@H]2[C@H](C1)N(CCCCOc1ccccc1)CCN2CCO. The van der Waals surface area contributed by atoms with Crippen molar-refractivity contribution in [1.82, 2.24) is 9.80 Å². The molecule has 0 bridgehead atoms. The molecular weight excluding hydrogens is 340 g/mol. The van der Waals surface area contributed by atoms with E-state index in [1.165, 1.54) is 0 Å². The molecule has 0 unspecified atom stereocenters. The predicted molar refractivity (Wildman–Crippen MR) is 97.6 cm³/mol. The van der Waals surface area contributed by atoms with E-state index >= 15 is 0 Å². The van der Waals surface area contributed by atoms with Crippen molar-refractivity contribution in [3.05, 3.63) is 30.3 Å². The number of para-hydroxylation sites is 1. The van der Waals surface area contributed by atoms with E-state index in [0.29, 0.717) is 13.2 Å². The molecule has 2 aliphatic rings. The zero-order chi connectivity index (χ0) is 17.7. The van der Waals surface area contributed by atoms with Crippen LogP contribution in [0.2, 0.25) is 0 Å². The lowest BCUT2D eigenvalue weighted by Gasteiger charge is -2.43. The molecule has 2 aliphatic heterocycles. The van der Waals surface area contributed by atoms with Crippen LogP contribution in [0.3, 0.4) is 0 Å². The Balaban J connectivity index is 1.46. The third kappa shape index (κ3) is 4.94. The van der Waals surface area contributed by atoms with Crippen molar-refractivity contribution in [2.45, 2.75) is 24.9 Å². The molecule has 0 aliphatic carbocycles. The van der Waals surface area contributed by atoms with Crippen LogP contribution in [0.5, 0.6) is 5.75 Å². The number of aliphatic hydroxyl groups is 1. The first-order valence-corrected chi connectivity index (χ1v) is 10.9. The maximum atomic E-state index is 12.1. The summed E-state index contributed by atoms with van der Waals surface area (Å²) in [6.45, 7) is 3.94. The molecule has 25 heavy (non-hydrogen) atoms. The summed E-state index contributed by atoms with van der Waals surface area (Å²) < 4.78 is 29.9.